The lowest BCUT2D eigenvalue weighted by molar-refractivity contribution is 0.0962. The van der Waals surface area contributed by atoms with Gasteiger partial charge < -0.3 is 10.6 Å². The lowest BCUT2D eigenvalue weighted by atomic mass is 10.2. The van der Waals surface area contributed by atoms with Crippen LogP contribution in [0.25, 0.3) is 0 Å². The Morgan fingerprint density at radius 2 is 2.31 bits per heavy atom. The van der Waals surface area contributed by atoms with Gasteiger partial charge >= 0.3 is 0 Å². The Balaban J connectivity index is 2.05. The topological polar surface area (TPSA) is 41.1 Å². The van der Waals surface area contributed by atoms with Gasteiger partial charge in [-0.3, -0.25) is 4.79 Å². The number of amides is 1. The number of carbonyl (C=O) groups excluding carboxylic acids is 1. The van der Waals surface area contributed by atoms with Gasteiger partial charge in [0.25, 0.3) is 5.91 Å². The number of benzene rings is 1. The number of allylic oxidation sites excluding steroid dienone is 1. The van der Waals surface area contributed by atoms with Crippen LogP contribution in [0.15, 0.2) is 36.2 Å². The maximum Gasteiger partial charge on any atom is 0.256 e. The molecule has 1 amide bonds. The van der Waals surface area contributed by atoms with Gasteiger partial charge in [-0.1, -0.05) is 6.07 Å². The van der Waals surface area contributed by atoms with Crippen LogP contribution < -0.4 is 10.6 Å². The lowest BCUT2D eigenvalue weighted by Gasteiger charge is -2.16. The molecule has 0 saturated carbocycles. The molecule has 2 rings (SSSR count). The summed E-state index contributed by atoms with van der Waals surface area (Å²) >= 11 is 0. The van der Waals surface area contributed by atoms with Gasteiger partial charge in [-0.15, -0.1) is 0 Å². The van der Waals surface area contributed by atoms with E-state index in [1.54, 1.807) is 6.07 Å². The third-order valence-electron chi connectivity index (χ3n) is 2.38. The summed E-state index contributed by atoms with van der Waals surface area (Å²) in [7, 11) is 0. The Morgan fingerprint density at radius 3 is 3.00 bits per heavy atom. The van der Waals surface area contributed by atoms with E-state index in [1.165, 1.54) is 18.2 Å². The van der Waals surface area contributed by atoms with E-state index in [9.17, 15) is 9.18 Å². The summed E-state index contributed by atoms with van der Waals surface area (Å²) in [6.45, 7) is 0.856. The van der Waals surface area contributed by atoms with Crippen LogP contribution >= 0.6 is 0 Å². The average molecular weight is 220 g/mol. The molecule has 1 aliphatic heterocycles. The van der Waals surface area contributed by atoms with Crippen LogP contribution in [0.2, 0.25) is 0 Å². The Kier molecular flexibility index (Phi) is 3.19. The maximum atomic E-state index is 12.9. The Bertz CT molecular complexity index is 429. The van der Waals surface area contributed by atoms with E-state index in [1.807, 2.05) is 6.08 Å². The van der Waals surface area contributed by atoms with Gasteiger partial charge in [0.1, 0.15) is 11.6 Å². The quantitative estimate of drug-likeness (QED) is 0.797. The first kappa shape index (κ1) is 10.7. The second kappa shape index (κ2) is 4.79. The fraction of sp³-hybridized carbons (Fsp3) is 0.250. The molecule has 16 heavy (non-hydrogen) atoms. The van der Waals surface area contributed by atoms with Crippen molar-refractivity contribution in [2.24, 2.45) is 0 Å². The van der Waals surface area contributed by atoms with Crippen molar-refractivity contribution in [3.63, 3.8) is 0 Å². The van der Waals surface area contributed by atoms with Gasteiger partial charge in [0.2, 0.25) is 0 Å². The molecule has 1 aliphatic rings. The van der Waals surface area contributed by atoms with Gasteiger partial charge in [-0.05, 0) is 37.1 Å². The van der Waals surface area contributed by atoms with Crippen LogP contribution in [-0.4, -0.2) is 12.5 Å². The van der Waals surface area contributed by atoms with Crippen LogP contribution in [0.4, 0.5) is 4.39 Å². The van der Waals surface area contributed by atoms with Crippen LogP contribution in [0.5, 0.6) is 0 Å². The molecule has 1 aromatic rings. The summed E-state index contributed by atoms with van der Waals surface area (Å²) in [4.78, 5) is 11.7. The number of nitrogens with one attached hydrogen (secondary N) is 2. The smallest absolute Gasteiger partial charge is 0.256 e. The molecule has 0 aromatic heterocycles. The molecule has 0 unspecified atom stereocenters. The minimum absolute atomic E-state index is 0.292. The normalized spacial score (nSPS) is 14.9. The van der Waals surface area contributed by atoms with Crippen molar-refractivity contribution in [1.29, 1.82) is 0 Å². The Morgan fingerprint density at radius 1 is 1.44 bits per heavy atom. The predicted octanol–water partition coefficient (Wildman–Crippen LogP) is 1.78. The molecule has 0 aliphatic carbocycles. The van der Waals surface area contributed by atoms with Crippen molar-refractivity contribution in [3.05, 3.63) is 47.5 Å². The molecular formula is C12H13FN2O. The third-order valence-corrected chi connectivity index (χ3v) is 2.38. The molecule has 84 valence electrons. The summed E-state index contributed by atoms with van der Waals surface area (Å²) in [6, 6.07) is 5.64. The van der Waals surface area contributed by atoms with Gasteiger partial charge in [0.15, 0.2) is 0 Å². The fourth-order valence-corrected chi connectivity index (χ4v) is 1.56. The molecule has 3 nitrogen and oxygen atoms in total. The highest BCUT2D eigenvalue weighted by molar-refractivity contribution is 5.95. The van der Waals surface area contributed by atoms with E-state index in [-0.39, 0.29) is 5.91 Å². The van der Waals surface area contributed by atoms with E-state index in [0.717, 1.165) is 19.4 Å². The fourth-order valence-electron chi connectivity index (χ4n) is 1.56. The molecule has 0 saturated heterocycles. The number of hydrogen-bond acceptors (Lipinski definition) is 2. The zero-order valence-electron chi connectivity index (χ0n) is 8.79. The number of rotatable bonds is 2. The van der Waals surface area contributed by atoms with Gasteiger partial charge in [-0.2, -0.15) is 0 Å². The summed E-state index contributed by atoms with van der Waals surface area (Å²) in [5.74, 6) is 0.0129. The van der Waals surface area contributed by atoms with Crippen molar-refractivity contribution in [3.8, 4) is 0 Å². The molecule has 0 spiro atoms. The van der Waals surface area contributed by atoms with Crippen molar-refractivity contribution < 1.29 is 9.18 Å². The largest absolute Gasteiger partial charge is 0.372 e. The van der Waals surface area contributed by atoms with Crippen LogP contribution in [0.3, 0.4) is 0 Å². The molecule has 0 atom stereocenters. The highest BCUT2D eigenvalue weighted by atomic mass is 19.1. The first-order chi connectivity index (χ1) is 7.75. The number of halogens is 1. The van der Waals surface area contributed by atoms with E-state index >= 15 is 0 Å². The van der Waals surface area contributed by atoms with Crippen LogP contribution in [0, 0.1) is 5.82 Å². The second-order valence-corrected chi connectivity index (χ2v) is 3.65. The zero-order valence-corrected chi connectivity index (χ0v) is 8.79. The van der Waals surface area contributed by atoms with E-state index in [0.29, 0.717) is 11.4 Å². The maximum absolute atomic E-state index is 12.9. The predicted molar refractivity (Wildman–Crippen MR) is 59.2 cm³/mol. The molecule has 1 aromatic carbocycles. The van der Waals surface area contributed by atoms with Crippen molar-refractivity contribution in [2.45, 2.75) is 12.8 Å². The first-order valence-corrected chi connectivity index (χ1v) is 5.26. The SMILES string of the molecule is O=C(NC1=CCCCN1)c1cccc(F)c1. The standard InChI is InChI=1S/C12H13FN2O/c13-10-5-3-4-9(8-10)12(16)15-11-6-1-2-7-14-11/h3-6,8,14H,1-2,7H2,(H,15,16). The summed E-state index contributed by atoms with van der Waals surface area (Å²) in [6.07, 6.45) is 3.95. The number of carbonyl (C=O) groups is 1. The third kappa shape index (κ3) is 2.59. The average Bonchev–Trinajstić information content (AvgIpc) is 2.30. The van der Waals surface area contributed by atoms with E-state index in [4.69, 9.17) is 0 Å². The van der Waals surface area contributed by atoms with Crippen LogP contribution in [0.1, 0.15) is 23.2 Å². The molecule has 4 heteroatoms. The second-order valence-electron chi connectivity index (χ2n) is 3.65. The molecule has 0 bridgehead atoms. The van der Waals surface area contributed by atoms with Gasteiger partial charge in [0, 0.05) is 12.1 Å². The molecule has 0 fully saturated rings. The molecule has 1 heterocycles. The van der Waals surface area contributed by atoms with E-state index < -0.39 is 5.82 Å². The summed E-state index contributed by atoms with van der Waals surface area (Å²) in [5, 5.41) is 5.78. The highest BCUT2D eigenvalue weighted by Gasteiger charge is 2.09. The minimum Gasteiger partial charge on any atom is -0.372 e. The zero-order chi connectivity index (χ0) is 11.4. The van der Waals surface area contributed by atoms with Gasteiger partial charge in [0.05, 0.1) is 0 Å². The van der Waals surface area contributed by atoms with Crippen LogP contribution in [-0.2, 0) is 0 Å². The Labute approximate surface area is 93.4 Å². The highest BCUT2D eigenvalue weighted by Crippen LogP contribution is 2.05. The first-order valence-electron chi connectivity index (χ1n) is 5.26. The molecule has 0 radical (unpaired) electrons. The number of hydrogen-bond donors (Lipinski definition) is 2. The van der Waals surface area contributed by atoms with Gasteiger partial charge in [-0.25, -0.2) is 4.39 Å². The lowest BCUT2D eigenvalue weighted by Crippen LogP contribution is -2.33. The van der Waals surface area contributed by atoms with E-state index in [2.05, 4.69) is 10.6 Å². The summed E-state index contributed by atoms with van der Waals surface area (Å²) < 4.78 is 12.9. The van der Waals surface area contributed by atoms with Crippen molar-refractivity contribution in [1.82, 2.24) is 10.6 Å². The molecule has 2 N–H and O–H groups in total. The summed E-state index contributed by atoms with van der Waals surface area (Å²) in [5.41, 5.74) is 0.327. The Hall–Kier alpha value is -1.84. The van der Waals surface area contributed by atoms with Crippen molar-refractivity contribution in [2.75, 3.05) is 6.54 Å². The molecular weight excluding hydrogens is 207 g/mol. The monoisotopic (exact) mass is 220 g/mol. The van der Waals surface area contributed by atoms with Crippen molar-refractivity contribution >= 4 is 5.91 Å². The minimum atomic E-state index is -0.404.